The molecule has 0 bridgehead atoms. The Kier molecular flexibility index (Phi) is 2.84. The van der Waals surface area contributed by atoms with Crippen LogP contribution in [-0.4, -0.2) is 34.0 Å². The molecule has 6 heteroatoms. The average molecular weight is 300 g/mol. The number of phenolic OH excluding ortho intramolecular Hbond substituents is 3. The molecule has 3 N–H and O–H groups in total. The fraction of sp³-hybridized carbons (Fsp3) is 0.125. The zero-order chi connectivity index (χ0) is 16.2. The minimum Gasteiger partial charge on any atom is -0.507 e. The first-order valence-electron chi connectivity index (χ1n) is 6.43. The van der Waals surface area contributed by atoms with Crippen LogP contribution in [0.5, 0.6) is 23.0 Å². The van der Waals surface area contributed by atoms with Gasteiger partial charge in [0.1, 0.15) is 23.0 Å². The number of aromatic hydroxyl groups is 3. The van der Waals surface area contributed by atoms with Crippen LogP contribution in [0.1, 0.15) is 37.4 Å². The number of ketones is 2. The second-order valence-corrected chi connectivity index (χ2v) is 5.01. The summed E-state index contributed by atoms with van der Waals surface area (Å²) in [5, 5.41) is 30.1. The first kappa shape index (κ1) is 13.9. The topological polar surface area (TPSA) is 104 Å². The number of hydrogen-bond acceptors (Lipinski definition) is 6. The first-order chi connectivity index (χ1) is 10.4. The summed E-state index contributed by atoms with van der Waals surface area (Å²) in [6.45, 7) is 1.50. The van der Waals surface area contributed by atoms with E-state index in [-0.39, 0.29) is 45.1 Å². The van der Waals surface area contributed by atoms with Crippen LogP contribution in [0.2, 0.25) is 0 Å². The van der Waals surface area contributed by atoms with Crippen LogP contribution in [0.15, 0.2) is 18.2 Å². The van der Waals surface area contributed by atoms with E-state index in [0.29, 0.717) is 0 Å². The zero-order valence-electron chi connectivity index (χ0n) is 11.8. The molecule has 0 amide bonds. The third kappa shape index (κ3) is 1.60. The lowest BCUT2D eigenvalue weighted by atomic mass is 9.81. The Morgan fingerprint density at radius 1 is 0.864 bits per heavy atom. The molecule has 1 aliphatic carbocycles. The summed E-state index contributed by atoms with van der Waals surface area (Å²) >= 11 is 0. The van der Waals surface area contributed by atoms with Gasteiger partial charge in [-0.25, -0.2) is 0 Å². The third-order valence-corrected chi connectivity index (χ3v) is 3.74. The molecular weight excluding hydrogens is 288 g/mol. The van der Waals surface area contributed by atoms with Crippen LogP contribution in [0.3, 0.4) is 0 Å². The second kappa shape index (κ2) is 4.49. The van der Waals surface area contributed by atoms with Crippen molar-refractivity contribution in [2.45, 2.75) is 6.92 Å². The van der Waals surface area contributed by atoms with Gasteiger partial charge in [0, 0.05) is 0 Å². The highest BCUT2D eigenvalue weighted by Crippen LogP contribution is 2.44. The van der Waals surface area contributed by atoms with Crippen molar-refractivity contribution >= 4 is 11.6 Å². The molecule has 0 saturated carbocycles. The molecule has 112 valence electrons. The molecule has 0 aliphatic heterocycles. The molecule has 0 saturated heterocycles. The molecule has 2 aromatic rings. The summed E-state index contributed by atoms with van der Waals surface area (Å²) < 4.78 is 5.07. The van der Waals surface area contributed by atoms with Gasteiger partial charge in [-0.2, -0.15) is 0 Å². The van der Waals surface area contributed by atoms with Gasteiger partial charge < -0.3 is 20.1 Å². The first-order valence-corrected chi connectivity index (χ1v) is 6.43. The number of benzene rings is 2. The van der Waals surface area contributed by atoms with E-state index in [1.54, 1.807) is 0 Å². The molecule has 3 rings (SSSR count). The summed E-state index contributed by atoms with van der Waals surface area (Å²) in [6.07, 6.45) is 0. The maximum atomic E-state index is 12.7. The van der Waals surface area contributed by atoms with Crippen LogP contribution in [0.25, 0.3) is 0 Å². The fourth-order valence-electron chi connectivity index (χ4n) is 2.69. The Morgan fingerprint density at radius 2 is 1.45 bits per heavy atom. The SMILES string of the molecule is COc1ccc(O)c2c1C(=O)c1c(O)c(C)cc(O)c1C2=O. The van der Waals surface area contributed by atoms with Gasteiger partial charge in [0.15, 0.2) is 0 Å². The molecule has 2 aromatic carbocycles. The van der Waals surface area contributed by atoms with E-state index < -0.39 is 17.3 Å². The normalized spacial score (nSPS) is 12.8. The molecule has 0 spiro atoms. The Labute approximate surface area is 125 Å². The lowest BCUT2D eigenvalue weighted by Crippen LogP contribution is -2.22. The molecule has 6 nitrogen and oxygen atoms in total. The summed E-state index contributed by atoms with van der Waals surface area (Å²) in [6, 6.07) is 3.79. The second-order valence-electron chi connectivity index (χ2n) is 5.01. The van der Waals surface area contributed by atoms with Gasteiger partial charge in [0.25, 0.3) is 0 Å². The highest BCUT2D eigenvalue weighted by atomic mass is 16.5. The fourth-order valence-corrected chi connectivity index (χ4v) is 2.69. The number of methoxy groups -OCH3 is 1. The van der Waals surface area contributed by atoms with E-state index in [1.165, 1.54) is 32.2 Å². The molecule has 22 heavy (non-hydrogen) atoms. The minimum absolute atomic E-state index is 0.109. The molecule has 0 radical (unpaired) electrons. The van der Waals surface area contributed by atoms with Gasteiger partial charge in [-0.15, -0.1) is 0 Å². The number of hydrogen-bond donors (Lipinski definition) is 3. The quantitative estimate of drug-likeness (QED) is 0.593. The van der Waals surface area contributed by atoms with E-state index in [4.69, 9.17) is 4.74 Å². The number of phenols is 3. The molecule has 0 unspecified atom stereocenters. The highest BCUT2D eigenvalue weighted by Gasteiger charge is 2.39. The standard InChI is InChI=1S/C16H12O6/c1-6-5-8(18)11-13(14(6)19)16(21)12-9(22-2)4-3-7(17)10(12)15(11)20/h3-5,17-19H,1-2H3. The van der Waals surface area contributed by atoms with E-state index in [1.807, 2.05) is 0 Å². The van der Waals surface area contributed by atoms with Crippen LogP contribution in [-0.2, 0) is 0 Å². The van der Waals surface area contributed by atoms with E-state index in [0.717, 1.165) is 0 Å². The highest BCUT2D eigenvalue weighted by molar-refractivity contribution is 6.32. The van der Waals surface area contributed by atoms with Gasteiger partial charge in [-0.1, -0.05) is 0 Å². The van der Waals surface area contributed by atoms with Crippen molar-refractivity contribution in [2.75, 3.05) is 7.11 Å². The third-order valence-electron chi connectivity index (χ3n) is 3.74. The summed E-state index contributed by atoms with van der Waals surface area (Å²) in [5.74, 6) is -2.50. The van der Waals surface area contributed by atoms with Crippen molar-refractivity contribution in [1.29, 1.82) is 0 Å². The molecule has 0 atom stereocenters. The molecule has 1 aliphatic rings. The molecule has 0 aromatic heterocycles. The Bertz CT molecular complexity index is 850. The Hall–Kier alpha value is -3.02. The van der Waals surface area contributed by atoms with E-state index in [9.17, 15) is 24.9 Å². The van der Waals surface area contributed by atoms with Crippen molar-refractivity contribution in [3.05, 3.63) is 46.0 Å². The molecule has 0 fully saturated rings. The van der Waals surface area contributed by atoms with Crippen molar-refractivity contribution in [3.8, 4) is 23.0 Å². The van der Waals surface area contributed by atoms with Gasteiger partial charge in [-0.3, -0.25) is 9.59 Å². The average Bonchev–Trinajstić information content (AvgIpc) is 2.48. The van der Waals surface area contributed by atoms with Gasteiger partial charge in [0.05, 0.1) is 29.4 Å². The number of aryl methyl sites for hydroxylation is 1. The van der Waals surface area contributed by atoms with Gasteiger partial charge >= 0.3 is 0 Å². The summed E-state index contributed by atoms with van der Waals surface area (Å²) in [5.41, 5.74) is -0.696. The van der Waals surface area contributed by atoms with Gasteiger partial charge in [-0.05, 0) is 30.7 Å². The predicted octanol–water partition coefficient (Wildman–Crippen LogP) is 1.90. The summed E-state index contributed by atoms with van der Waals surface area (Å²) in [4.78, 5) is 25.3. The number of rotatable bonds is 1. The maximum Gasteiger partial charge on any atom is 0.202 e. The van der Waals surface area contributed by atoms with Crippen LogP contribution < -0.4 is 4.74 Å². The monoisotopic (exact) mass is 300 g/mol. The van der Waals surface area contributed by atoms with Crippen molar-refractivity contribution in [2.24, 2.45) is 0 Å². The van der Waals surface area contributed by atoms with E-state index >= 15 is 0 Å². The smallest absolute Gasteiger partial charge is 0.202 e. The van der Waals surface area contributed by atoms with Crippen molar-refractivity contribution < 1.29 is 29.6 Å². The van der Waals surface area contributed by atoms with Crippen LogP contribution in [0.4, 0.5) is 0 Å². The van der Waals surface area contributed by atoms with Gasteiger partial charge in [0.2, 0.25) is 11.6 Å². The van der Waals surface area contributed by atoms with Crippen molar-refractivity contribution in [3.63, 3.8) is 0 Å². The Balaban J connectivity index is 2.46. The number of ether oxygens (including phenoxy) is 1. The lowest BCUT2D eigenvalue weighted by Gasteiger charge is -2.22. The van der Waals surface area contributed by atoms with Crippen molar-refractivity contribution in [1.82, 2.24) is 0 Å². The predicted molar refractivity (Wildman–Crippen MR) is 76.0 cm³/mol. The van der Waals surface area contributed by atoms with E-state index in [2.05, 4.69) is 0 Å². The van der Waals surface area contributed by atoms with Crippen LogP contribution >= 0.6 is 0 Å². The largest absolute Gasteiger partial charge is 0.507 e. The van der Waals surface area contributed by atoms with Crippen LogP contribution in [0, 0.1) is 6.92 Å². The number of carbonyl (C=O) groups excluding carboxylic acids is 2. The zero-order valence-corrected chi connectivity index (χ0v) is 11.8. The number of fused-ring (bicyclic) bond motifs is 2. The maximum absolute atomic E-state index is 12.7. The molecule has 0 heterocycles. The molecular formula is C16H12O6. The number of carbonyl (C=O) groups is 2. The summed E-state index contributed by atoms with van der Waals surface area (Å²) in [7, 11) is 1.33. The lowest BCUT2D eigenvalue weighted by molar-refractivity contribution is 0.0969. The Morgan fingerprint density at radius 3 is 2.09 bits per heavy atom. The minimum atomic E-state index is -0.742.